The molecular weight excluding hydrogens is 520 g/mol. The number of halogens is 1. The summed E-state index contributed by atoms with van der Waals surface area (Å²) in [6.07, 6.45) is 3.74. The highest BCUT2D eigenvalue weighted by Crippen LogP contribution is 2.35. The number of nitrogens with zero attached hydrogens (tertiary/aromatic N) is 3. The van der Waals surface area contributed by atoms with E-state index in [1.165, 1.54) is 11.9 Å². The number of aryl methyl sites for hydroxylation is 1. The molecule has 196 valence electrons. The van der Waals surface area contributed by atoms with Crippen LogP contribution in [0.4, 0.5) is 0 Å². The van der Waals surface area contributed by atoms with Crippen LogP contribution in [0.25, 0.3) is 22.6 Å². The molecule has 38 heavy (non-hydrogen) atoms. The van der Waals surface area contributed by atoms with E-state index < -0.39 is 12.0 Å². The van der Waals surface area contributed by atoms with Crippen LogP contribution in [-0.2, 0) is 12.2 Å². The number of aliphatic hydroxyl groups is 1. The third-order valence-electron chi connectivity index (χ3n) is 6.35. The predicted octanol–water partition coefficient (Wildman–Crippen LogP) is 6.06. The predicted molar refractivity (Wildman–Crippen MR) is 152 cm³/mol. The number of hydrogen-bond acceptors (Lipinski definition) is 6. The van der Waals surface area contributed by atoms with E-state index in [1.54, 1.807) is 29.4 Å². The van der Waals surface area contributed by atoms with Gasteiger partial charge in [0.1, 0.15) is 11.2 Å². The van der Waals surface area contributed by atoms with E-state index in [0.29, 0.717) is 18.7 Å². The molecule has 7 nitrogen and oxygen atoms in total. The Balaban J connectivity index is 0.00000336. The van der Waals surface area contributed by atoms with Crippen LogP contribution in [-0.4, -0.2) is 31.7 Å². The molecule has 0 unspecified atom stereocenters. The lowest BCUT2D eigenvalue weighted by Crippen LogP contribution is -2.21. The van der Waals surface area contributed by atoms with Crippen LogP contribution in [0, 0.1) is 0 Å². The first kappa shape index (κ1) is 27.4. The van der Waals surface area contributed by atoms with Crippen molar-refractivity contribution in [2.75, 3.05) is 0 Å². The zero-order valence-electron chi connectivity index (χ0n) is 20.9. The Morgan fingerprint density at radius 1 is 1.08 bits per heavy atom. The van der Waals surface area contributed by atoms with Crippen molar-refractivity contribution in [1.82, 2.24) is 14.5 Å². The Morgan fingerprint density at radius 2 is 1.84 bits per heavy atom. The fraction of sp³-hybridized carbons (Fsp3) is 0.207. The van der Waals surface area contributed by atoms with Gasteiger partial charge in [0, 0.05) is 16.8 Å². The normalized spacial score (nSPS) is 12.7. The lowest BCUT2D eigenvalue weighted by molar-refractivity contribution is 0.0994. The fourth-order valence-corrected chi connectivity index (χ4v) is 5.41. The molecule has 0 spiro atoms. The van der Waals surface area contributed by atoms with Gasteiger partial charge in [-0.25, -0.2) is 9.97 Å². The first-order valence-corrected chi connectivity index (χ1v) is 13.1. The number of rotatable bonds is 10. The third kappa shape index (κ3) is 6.10. The number of thioether (sulfide) groups is 1. The minimum atomic E-state index is -0.645. The zero-order chi connectivity index (χ0) is 25.8. The summed E-state index contributed by atoms with van der Waals surface area (Å²) < 4.78 is 8.09. The summed E-state index contributed by atoms with van der Waals surface area (Å²) in [7, 11) is 0. The number of amides is 1. The number of aromatic nitrogens is 3. The maximum absolute atomic E-state index is 11.5. The van der Waals surface area contributed by atoms with Crippen LogP contribution in [0.3, 0.4) is 0 Å². The maximum atomic E-state index is 11.5. The summed E-state index contributed by atoms with van der Waals surface area (Å²) in [6.45, 7) is 1.73. The number of carbonyl (C=O) groups is 1. The summed E-state index contributed by atoms with van der Waals surface area (Å²) in [5.41, 5.74) is 10.3. The molecule has 0 aliphatic carbocycles. The molecule has 3 N–H and O–H groups in total. The number of nitrogens with two attached hydrogens (primary N) is 1. The molecule has 5 aromatic rings. The van der Waals surface area contributed by atoms with Crippen molar-refractivity contribution in [2.24, 2.45) is 5.73 Å². The number of benzene rings is 3. The molecule has 0 saturated carbocycles. The van der Waals surface area contributed by atoms with Gasteiger partial charge in [0.15, 0.2) is 5.58 Å². The topological polar surface area (TPSA) is 107 Å². The molecule has 3 aromatic carbocycles. The Morgan fingerprint density at radius 3 is 2.58 bits per heavy atom. The molecule has 2 aromatic heterocycles. The second-order valence-electron chi connectivity index (χ2n) is 8.97. The van der Waals surface area contributed by atoms with Gasteiger partial charge >= 0.3 is 0 Å². The smallest absolute Gasteiger partial charge is 0.268 e. The SMILES string of the molecule is C[C@H](O)[C@@H](CCc1cccc2nc(-c3ccccc3SCc3ccccc3)oc12)n1cnc(C(N)=O)c1.Cl. The lowest BCUT2D eigenvalue weighted by Gasteiger charge is -2.21. The number of aliphatic hydroxyl groups excluding tert-OH is 1. The van der Waals surface area contributed by atoms with Gasteiger partial charge in [-0.15, -0.1) is 24.2 Å². The van der Waals surface area contributed by atoms with E-state index in [2.05, 4.69) is 35.3 Å². The van der Waals surface area contributed by atoms with Crippen molar-refractivity contribution in [3.05, 3.63) is 102 Å². The van der Waals surface area contributed by atoms with Crippen LogP contribution >= 0.6 is 24.2 Å². The molecule has 2 atom stereocenters. The van der Waals surface area contributed by atoms with E-state index in [-0.39, 0.29) is 24.1 Å². The standard InChI is InChI=1S/C29H28N4O3S.ClH/c1-19(34)25(33-16-24(28(30)35)31-18-33)15-14-21-10-7-12-23-27(21)36-29(32-23)22-11-5-6-13-26(22)37-17-20-8-3-2-4-9-20;/h2-13,16,18-19,25,34H,14-15,17H2,1H3,(H2,30,35);1H/t19-,25+;/m0./s1. The third-order valence-corrected chi connectivity index (χ3v) is 7.50. The first-order chi connectivity index (χ1) is 18.0. The van der Waals surface area contributed by atoms with Crippen LogP contribution in [0.1, 0.15) is 41.0 Å². The molecule has 0 bridgehead atoms. The molecule has 0 aliphatic heterocycles. The van der Waals surface area contributed by atoms with Gasteiger partial charge in [-0.05, 0) is 49.1 Å². The number of imidazole rings is 1. The minimum absolute atomic E-state index is 0. The Labute approximate surface area is 231 Å². The van der Waals surface area contributed by atoms with Gasteiger partial charge in [-0.2, -0.15) is 0 Å². The van der Waals surface area contributed by atoms with Crippen molar-refractivity contribution in [1.29, 1.82) is 0 Å². The fourth-order valence-electron chi connectivity index (χ4n) is 4.41. The maximum Gasteiger partial charge on any atom is 0.268 e. The first-order valence-electron chi connectivity index (χ1n) is 12.2. The van der Waals surface area contributed by atoms with Crippen LogP contribution in [0.5, 0.6) is 0 Å². The van der Waals surface area contributed by atoms with Gasteiger partial charge in [0.25, 0.3) is 5.91 Å². The minimum Gasteiger partial charge on any atom is -0.436 e. The van der Waals surface area contributed by atoms with E-state index in [4.69, 9.17) is 15.1 Å². The van der Waals surface area contributed by atoms with Gasteiger partial charge in [-0.3, -0.25) is 4.79 Å². The molecule has 5 rings (SSSR count). The van der Waals surface area contributed by atoms with E-state index >= 15 is 0 Å². The lowest BCUT2D eigenvalue weighted by atomic mass is 10.0. The largest absolute Gasteiger partial charge is 0.436 e. The summed E-state index contributed by atoms with van der Waals surface area (Å²) in [5.74, 6) is 0.853. The summed E-state index contributed by atoms with van der Waals surface area (Å²) >= 11 is 1.76. The second-order valence-corrected chi connectivity index (χ2v) is 9.99. The number of carbonyl (C=O) groups excluding carboxylic acids is 1. The van der Waals surface area contributed by atoms with Crippen molar-refractivity contribution in [3.63, 3.8) is 0 Å². The number of hydrogen-bond donors (Lipinski definition) is 2. The number of fused-ring (bicyclic) bond motifs is 1. The molecule has 0 radical (unpaired) electrons. The molecule has 1 amide bonds. The molecular formula is C29H29ClN4O3S. The average Bonchev–Trinajstić information content (AvgIpc) is 3.57. The number of primary amides is 1. The van der Waals surface area contributed by atoms with Crippen LogP contribution in [0.15, 0.2) is 94.6 Å². The molecule has 2 heterocycles. The van der Waals surface area contributed by atoms with Crippen molar-refractivity contribution < 1.29 is 14.3 Å². The summed E-state index contributed by atoms with van der Waals surface area (Å²) in [4.78, 5) is 21.4. The summed E-state index contributed by atoms with van der Waals surface area (Å²) in [5, 5.41) is 10.4. The quantitative estimate of drug-likeness (QED) is 0.205. The highest BCUT2D eigenvalue weighted by Gasteiger charge is 2.20. The monoisotopic (exact) mass is 548 g/mol. The van der Waals surface area contributed by atoms with Gasteiger partial charge in [0.05, 0.1) is 24.0 Å². The second kappa shape index (κ2) is 12.3. The average molecular weight is 549 g/mol. The van der Waals surface area contributed by atoms with Crippen LogP contribution in [0.2, 0.25) is 0 Å². The number of para-hydroxylation sites is 1. The zero-order valence-corrected chi connectivity index (χ0v) is 22.5. The molecule has 0 saturated heterocycles. The van der Waals surface area contributed by atoms with Gasteiger partial charge < -0.3 is 19.8 Å². The van der Waals surface area contributed by atoms with Crippen molar-refractivity contribution in [2.45, 2.75) is 42.6 Å². The highest BCUT2D eigenvalue weighted by molar-refractivity contribution is 7.98. The molecule has 0 aliphatic rings. The molecule has 9 heteroatoms. The van der Waals surface area contributed by atoms with Crippen LogP contribution < -0.4 is 5.73 Å². The van der Waals surface area contributed by atoms with Crippen molar-refractivity contribution >= 4 is 41.2 Å². The van der Waals surface area contributed by atoms with Gasteiger partial charge in [-0.1, -0.05) is 54.6 Å². The van der Waals surface area contributed by atoms with E-state index in [1.807, 2.05) is 42.5 Å². The van der Waals surface area contributed by atoms with Crippen molar-refractivity contribution in [3.8, 4) is 11.5 Å². The number of oxazole rings is 1. The Kier molecular flexibility index (Phi) is 8.89. The summed E-state index contributed by atoms with van der Waals surface area (Å²) in [6, 6.07) is 24.2. The van der Waals surface area contributed by atoms with Gasteiger partial charge in [0.2, 0.25) is 5.89 Å². The Bertz CT molecular complexity index is 1520. The molecule has 0 fully saturated rings. The Hall–Kier alpha value is -3.59. The van der Waals surface area contributed by atoms with E-state index in [9.17, 15) is 9.90 Å². The highest BCUT2D eigenvalue weighted by atomic mass is 35.5. The van der Waals surface area contributed by atoms with E-state index in [0.717, 1.165) is 32.9 Å².